The highest BCUT2D eigenvalue weighted by molar-refractivity contribution is 7.92. The van der Waals surface area contributed by atoms with E-state index in [1.54, 1.807) is 36.4 Å². The van der Waals surface area contributed by atoms with E-state index in [1.807, 2.05) is 6.92 Å². The SMILES string of the molecule is Cc1ccc(S(=O)(=O)Nc2nc(-c3nnc(Cc4ccc(F)cc4)o3)c(O)c3ncccc23)cc1. The topological polar surface area (TPSA) is 131 Å². The third-order valence-electron chi connectivity index (χ3n) is 5.24. The quantitative estimate of drug-likeness (QED) is 0.361. The average molecular weight is 492 g/mol. The van der Waals surface area contributed by atoms with Crippen LogP contribution in [0.15, 0.2) is 76.2 Å². The van der Waals surface area contributed by atoms with E-state index in [0.717, 1.165) is 11.1 Å². The molecule has 0 saturated heterocycles. The van der Waals surface area contributed by atoms with Crippen LogP contribution in [0.5, 0.6) is 5.75 Å². The molecule has 0 aliphatic carbocycles. The zero-order valence-corrected chi connectivity index (χ0v) is 19.1. The molecule has 5 aromatic rings. The Bertz CT molecular complexity index is 1640. The van der Waals surface area contributed by atoms with E-state index in [0.29, 0.717) is 0 Å². The maximum Gasteiger partial charge on any atom is 0.270 e. The lowest BCUT2D eigenvalue weighted by Gasteiger charge is -2.12. The number of hydrogen-bond acceptors (Lipinski definition) is 8. The standard InChI is InChI=1S/C24H18FN5O4S/c1-14-4-10-17(11-5-14)35(32,33)30-23-18-3-2-12-26-20(18)22(31)21(27-23)24-29-28-19(34-24)13-15-6-8-16(25)9-7-15/h2-12,31H,13H2,1H3,(H,27,30). The Morgan fingerprint density at radius 3 is 2.51 bits per heavy atom. The van der Waals surface area contributed by atoms with E-state index in [1.165, 1.54) is 30.5 Å². The number of sulfonamides is 1. The van der Waals surface area contributed by atoms with Gasteiger partial charge in [-0.3, -0.25) is 9.71 Å². The van der Waals surface area contributed by atoms with Crippen LogP contribution in [0.25, 0.3) is 22.5 Å². The Hall–Kier alpha value is -4.38. The molecule has 0 bridgehead atoms. The molecular formula is C24H18FN5O4S. The molecule has 0 fully saturated rings. The van der Waals surface area contributed by atoms with Crippen LogP contribution in [0.2, 0.25) is 0 Å². The summed E-state index contributed by atoms with van der Waals surface area (Å²) in [6.45, 7) is 1.85. The van der Waals surface area contributed by atoms with Crippen molar-refractivity contribution in [1.29, 1.82) is 0 Å². The molecule has 0 aliphatic heterocycles. The molecule has 0 radical (unpaired) electrons. The zero-order valence-electron chi connectivity index (χ0n) is 18.3. The minimum absolute atomic E-state index is 0.0518. The molecule has 35 heavy (non-hydrogen) atoms. The minimum Gasteiger partial charge on any atom is -0.504 e. The van der Waals surface area contributed by atoms with Gasteiger partial charge in [0.15, 0.2) is 11.4 Å². The Morgan fingerprint density at radius 1 is 1.03 bits per heavy atom. The van der Waals surface area contributed by atoms with Gasteiger partial charge in [-0.25, -0.2) is 17.8 Å². The number of hydrogen-bond donors (Lipinski definition) is 2. The van der Waals surface area contributed by atoms with Gasteiger partial charge in [-0.2, -0.15) is 0 Å². The molecule has 0 aliphatic rings. The van der Waals surface area contributed by atoms with Crippen molar-refractivity contribution in [2.45, 2.75) is 18.2 Å². The lowest BCUT2D eigenvalue weighted by Crippen LogP contribution is -2.14. The maximum absolute atomic E-state index is 13.2. The number of rotatable bonds is 6. The first-order valence-corrected chi connectivity index (χ1v) is 11.9. The van der Waals surface area contributed by atoms with Crippen LogP contribution < -0.4 is 4.72 Å². The van der Waals surface area contributed by atoms with Crippen molar-refractivity contribution >= 4 is 26.7 Å². The van der Waals surface area contributed by atoms with Gasteiger partial charge >= 0.3 is 0 Å². The fourth-order valence-corrected chi connectivity index (χ4v) is 4.47. The predicted octanol–water partition coefficient (Wildman–Crippen LogP) is 4.22. The molecule has 0 saturated carbocycles. The first-order chi connectivity index (χ1) is 16.8. The first kappa shape index (κ1) is 22.4. The molecule has 3 heterocycles. The van der Waals surface area contributed by atoms with Crippen LogP contribution in [0, 0.1) is 12.7 Å². The summed E-state index contributed by atoms with van der Waals surface area (Å²) in [7, 11) is -3.99. The van der Waals surface area contributed by atoms with E-state index in [4.69, 9.17) is 4.42 Å². The molecular weight excluding hydrogens is 473 g/mol. The van der Waals surface area contributed by atoms with Crippen LogP contribution in [0.3, 0.4) is 0 Å². The normalized spacial score (nSPS) is 11.6. The van der Waals surface area contributed by atoms with Gasteiger partial charge in [0, 0.05) is 11.6 Å². The summed E-state index contributed by atoms with van der Waals surface area (Å²) in [6.07, 6.45) is 1.69. The number of aryl methyl sites for hydroxylation is 1. The number of aromatic hydroxyl groups is 1. The van der Waals surface area contributed by atoms with Gasteiger partial charge in [-0.05, 0) is 48.9 Å². The number of aromatic nitrogens is 4. The number of halogens is 1. The molecule has 0 atom stereocenters. The van der Waals surface area contributed by atoms with E-state index in [2.05, 4.69) is 24.9 Å². The monoisotopic (exact) mass is 491 g/mol. The van der Waals surface area contributed by atoms with E-state index >= 15 is 0 Å². The van der Waals surface area contributed by atoms with Gasteiger partial charge in [-0.1, -0.05) is 29.8 Å². The summed E-state index contributed by atoms with van der Waals surface area (Å²) in [4.78, 5) is 8.53. The van der Waals surface area contributed by atoms with Crippen LogP contribution in [0.1, 0.15) is 17.0 Å². The summed E-state index contributed by atoms with van der Waals surface area (Å²) in [5.74, 6) is -0.673. The molecule has 0 spiro atoms. The average Bonchev–Trinajstić information content (AvgIpc) is 3.31. The van der Waals surface area contributed by atoms with Crippen LogP contribution >= 0.6 is 0 Å². The van der Waals surface area contributed by atoms with E-state index in [9.17, 15) is 17.9 Å². The van der Waals surface area contributed by atoms with Gasteiger partial charge in [0.25, 0.3) is 15.9 Å². The van der Waals surface area contributed by atoms with Crippen molar-refractivity contribution in [2.24, 2.45) is 0 Å². The number of pyridine rings is 2. The van der Waals surface area contributed by atoms with Crippen molar-refractivity contribution in [3.63, 3.8) is 0 Å². The van der Waals surface area contributed by atoms with Crippen molar-refractivity contribution in [3.8, 4) is 17.3 Å². The van der Waals surface area contributed by atoms with Crippen molar-refractivity contribution in [2.75, 3.05) is 4.72 Å². The molecule has 0 amide bonds. The highest BCUT2D eigenvalue weighted by atomic mass is 32.2. The molecule has 9 nitrogen and oxygen atoms in total. The van der Waals surface area contributed by atoms with Gasteiger partial charge in [0.1, 0.15) is 17.2 Å². The lowest BCUT2D eigenvalue weighted by atomic mass is 10.1. The Morgan fingerprint density at radius 2 is 1.77 bits per heavy atom. The van der Waals surface area contributed by atoms with E-state index < -0.39 is 10.0 Å². The molecule has 2 aromatic carbocycles. The number of anilines is 1. The summed E-state index contributed by atoms with van der Waals surface area (Å²) in [5, 5.41) is 19.0. The number of nitrogens with zero attached hydrogens (tertiary/aromatic N) is 4. The zero-order chi connectivity index (χ0) is 24.6. The number of benzene rings is 2. The molecule has 176 valence electrons. The molecule has 5 rings (SSSR count). The summed E-state index contributed by atoms with van der Waals surface area (Å²) < 4.78 is 47.3. The number of fused-ring (bicyclic) bond motifs is 1. The lowest BCUT2D eigenvalue weighted by molar-refractivity contribution is 0.471. The summed E-state index contributed by atoms with van der Waals surface area (Å²) in [6, 6.07) is 15.3. The van der Waals surface area contributed by atoms with Crippen molar-refractivity contribution in [1.82, 2.24) is 20.2 Å². The summed E-state index contributed by atoms with van der Waals surface area (Å²) >= 11 is 0. The Kier molecular flexibility index (Phi) is 5.61. The Labute approximate surface area is 199 Å². The maximum atomic E-state index is 13.2. The predicted molar refractivity (Wildman–Crippen MR) is 126 cm³/mol. The fraction of sp³-hybridized carbons (Fsp3) is 0.0833. The first-order valence-electron chi connectivity index (χ1n) is 10.4. The second kappa shape index (κ2) is 8.76. The Balaban J connectivity index is 1.55. The second-order valence-corrected chi connectivity index (χ2v) is 9.46. The third-order valence-corrected chi connectivity index (χ3v) is 6.59. The second-order valence-electron chi connectivity index (χ2n) is 7.78. The smallest absolute Gasteiger partial charge is 0.270 e. The third kappa shape index (κ3) is 4.53. The molecule has 11 heteroatoms. The van der Waals surface area contributed by atoms with Crippen LogP contribution in [-0.2, 0) is 16.4 Å². The van der Waals surface area contributed by atoms with Gasteiger partial charge in [0.05, 0.1) is 11.3 Å². The van der Waals surface area contributed by atoms with Gasteiger partial charge in [0.2, 0.25) is 5.89 Å². The fourth-order valence-electron chi connectivity index (χ4n) is 3.45. The van der Waals surface area contributed by atoms with Crippen LogP contribution in [0.4, 0.5) is 10.2 Å². The highest BCUT2D eigenvalue weighted by Gasteiger charge is 2.23. The van der Waals surface area contributed by atoms with Crippen molar-refractivity contribution < 1.29 is 22.3 Å². The largest absolute Gasteiger partial charge is 0.504 e. The summed E-state index contributed by atoms with van der Waals surface area (Å²) in [5.41, 5.74) is 1.63. The van der Waals surface area contributed by atoms with E-state index in [-0.39, 0.29) is 57.1 Å². The number of nitrogens with one attached hydrogen (secondary N) is 1. The molecule has 3 aromatic heterocycles. The minimum atomic E-state index is -3.99. The van der Waals surface area contributed by atoms with Gasteiger partial charge < -0.3 is 9.52 Å². The van der Waals surface area contributed by atoms with Gasteiger partial charge in [-0.15, -0.1) is 10.2 Å². The molecule has 0 unspecified atom stereocenters. The van der Waals surface area contributed by atoms with Crippen LogP contribution in [-0.4, -0.2) is 33.7 Å². The highest BCUT2D eigenvalue weighted by Crippen LogP contribution is 2.36. The molecule has 2 N–H and O–H groups in total. The van der Waals surface area contributed by atoms with Crippen molar-refractivity contribution in [3.05, 3.63) is 89.7 Å².